The summed E-state index contributed by atoms with van der Waals surface area (Å²) < 4.78 is 39.9. The number of piperidine rings is 2. The molecule has 208 valence electrons. The summed E-state index contributed by atoms with van der Waals surface area (Å²) in [4.78, 5) is 19.9. The molecule has 3 heterocycles. The maximum Gasteiger partial charge on any atom is 0.246 e. The molecule has 2 aliphatic rings. The van der Waals surface area contributed by atoms with Gasteiger partial charge in [-0.3, -0.25) is 9.69 Å². The lowest BCUT2D eigenvalue weighted by atomic mass is 9.96. The van der Waals surface area contributed by atoms with Gasteiger partial charge in [0, 0.05) is 34.7 Å². The molecule has 0 bridgehead atoms. The van der Waals surface area contributed by atoms with Crippen molar-refractivity contribution in [2.45, 2.75) is 43.5 Å². The van der Waals surface area contributed by atoms with Gasteiger partial charge in [0.15, 0.2) is 0 Å². The Morgan fingerprint density at radius 1 is 1.08 bits per heavy atom. The van der Waals surface area contributed by atoms with Crippen LogP contribution in [0.15, 0.2) is 56.4 Å². The third kappa shape index (κ3) is 6.51. The van der Waals surface area contributed by atoms with E-state index >= 15 is 0 Å². The number of benzene rings is 2. The lowest BCUT2D eigenvalue weighted by Crippen LogP contribution is -2.38. The lowest BCUT2D eigenvalue weighted by Gasteiger charge is -2.30. The van der Waals surface area contributed by atoms with E-state index in [0.29, 0.717) is 63.0 Å². The van der Waals surface area contributed by atoms with Crippen molar-refractivity contribution >= 4 is 37.5 Å². The second kappa shape index (κ2) is 12.2. The number of rotatable bonds is 8. The molecule has 2 aliphatic heterocycles. The van der Waals surface area contributed by atoms with Gasteiger partial charge in [0.05, 0.1) is 13.7 Å². The van der Waals surface area contributed by atoms with Gasteiger partial charge < -0.3 is 14.6 Å². The van der Waals surface area contributed by atoms with Gasteiger partial charge in [0.1, 0.15) is 10.6 Å². The van der Waals surface area contributed by atoms with Crippen molar-refractivity contribution in [2.24, 2.45) is 5.92 Å². The highest BCUT2D eigenvalue weighted by molar-refractivity contribution is 9.10. The highest BCUT2D eigenvalue weighted by atomic mass is 79.9. The van der Waals surface area contributed by atoms with E-state index in [0.717, 1.165) is 29.3 Å². The molecule has 0 spiro atoms. The normalized spacial score (nSPS) is 17.7. The maximum atomic E-state index is 13.3. The predicted molar refractivity (Wildman–Crippen MR) is 150 cm³/mol. The molecule has 10 nitrogen and oxygen atoms in total. The van der Waals surface area contributed by atoms with Gasteiger partial charge in [-0.2, -0.15) is 9.29 Å². The third-order valence-electron chi connectivity index (χ3n) is 7.25. The van der Waals surface area contributed by atoms with Crippen molar-refractivity contribution in [3.8, 4) is 17.1 Å². The fourth-order valence-corrected chi connectivity index (χ4v) is 6.99. The Balaban J connectivity index is 1.17. The highest BCUT2D eigenvalue weighted by Crippen LogP contribution is 2.32. The van der Waals surface area contributed by atoms with E-state index in [2.05, 4.69) is 36.3 Å². The molecule has 1 aromatic heterocycles. The molecule has 2 fully saturated rings. The summed E-state index contributed by atoms with van der Waals surface area (Å²) in [7, 11) is -2.26. The first-order valence-electron chi connectivity index (χ1n) is 13.1. The second-order valence-corrected chi connectivity index (χ2v) is 12.7. The van der Waals surface area contributed by atoms with Crippen LogP contribution in [0.4, 0.5) is 5.69 Å². The molecule has 12 heteroatoms. The molecule has 5 rings (SSSR count). The Morgan fingerprint density at radius 3 is 2.49 bits per heavy atom. The smallest absolute Gasteiger partial charge is 0.246 e. The van der Waals surface area contributed by atoms with Crippen LogP contribution in [0.25, 0.3) is 11.4 Å². The summed E-state index contributed by atoms with van der Waals surface area (Å²) in [6.45, 7) is 2.94. The van der Waals surface area contributed by atoms with Crippen molar-refractivity contribution in [3.05, 3.63) is 52.8 Å². The number of nitrogens with zero attached hydrogens (tertiary/aromatic N) is 4. The zero-order valence-corrected chi connectivity index (χ0v) is 24.2. The zero-order chi connectivity index (χ0) is 27.4. The summed E-state index contributed by atoms with van der Waals surface area (Å²) in [6.07, 6.45) is 4.06. The number of halogens is 1. The molecule has 0 atom stereocenters. The van der Waals surface area contributed by atoms with Crippen LogP contribution >= 0.6 is 15.9 Å². The van der Waals surface area contributed by atoms with Crippen LogP contribution < -0.4 is 10.1 Å². The Kier molecular flexibility index (Phi) is 8.65. The highest BCUT2D eigenvalue weighted by Gasteiger charge is 2.30. The minimum atomic E-state index is -3.71. The van der Waals surface area contributed by atoms with Crippen molar-refractivity contribution in [1.29, 1.82) is 0 Å². The average molecular weight is 619 g/mol. The Bertz CT molecular complexity index is 1400. The van der Waals surface area contributed by atoms with Gasteiger partial charge in [-0.05, 0) is 81.2 Å². The lowest BCUT2D eigenvalue weighted by molar-refractivity contribution is -0.121. The van der Waals surface area contributed by atoms with Crippen LogP contribution in [-0.2, 0) is 21.4 Å². The van der Waals surface area contributed by atoms with Gasteiger partial charge in [-0.25, -0.2) is 8.42 Å². The van der Waals surface area contributed by atoms with E-state index in [1.807, 2.05) is 24.3 Å². The second-order valence-electron chi connectivity index (χ2n) is 9.89. The molecule has 2 aromatic carbocycles. The Labute approximate surface area is 236 Å². The van der Waals surface area contributed by atoms with E-state index in [1.165, 1.54) is 17.5 Å². The molecule has 0 aliphatic carbocycles. The number of carbonyl (C=O) groups excluding carboxylic acids is 1. The number of amides is 1. The van der Waals surface area contributed by atoms with E-state index in [-0.39, 0.29) is 22.5 Å². The fourth-order valence-electron chi connectivity index (χ4n) is 5.02. The molecule has 0 saturated carbocycles. The van der Waals surface area contributed by atoms with Gasteiger partial charge in [-0.1, -0.05) is 27.5 Å². The number of nitrogens with one attached hydrogen (secondary N) is 1. The van der Waals surface area contributed by atoms with Crippen LogP contribution in [0, 0.1) is 5.92 Å². The molecule has 0 radical (unpaired) electrons. The van der Waals surface area contributed by atoms with Crippen LogP contribution in [0.2, 0.25) is 0 Å². The largest absolute Gasteiger partial charge is 0.495 e. The predicted octanol–water partition coefficient (Wildman–Crippen LogP) is 4.53. The molecule has 39 heavy (non-hydrogen) atoms. The summed E-state index contributed by atoms with van der Waals surface area (Å²) >= 11 is 3.42. The fraction of sp³-hybridized carbons (Fsp3) is 0.444. The number of aromatic nitrogens is 2. The van der Waals surface area contributed by atoms with Gasteiger partial charge in [0.25, 0.3) is 0 Å². The zero-order valence-electron chi connectivity index (χ0n) is 21.8. The van der Waals surface area contributed by atoms with Crippen LogP contribution in [0.5, 0.6) is 5.75 Å². The number of anilines is 1. The summed E-state index contributed by atoms with van der Waals surface area (Å²) in [6, 6.07) is 12.5. The number of methoxy groups -OCH3 is 1. The summed E-state index contributed by atoms with van der Waals surface area (Å²) in [5, 5.41) is 7.02. The average Bonchev–Trinajstić information content (AvgIpc) is 3.42. The standard InChI is InChI=1S/C27H32BrN5O5S/c1-37-23-10-9-22(17-24(23)39(35,36)33-13-3-2-4-14-33)29-27(34)20-11-15-32(16-12-20)18-25-30-26(31-38-25)19-5-7-21(28)8-6-19/h5-10,17,20H,2-4,11-16,18H2,1H3,(H,29,34). The van der Waals surface area contributed by atoms with Crippen molar-refractivity contribution in [2.75, 3.05) is 38.6 Å². The van der Waals surface area contributed by atoms with Crippen LogP contribution in [0.1, 0.15) is 38.0 Å². The first-order chi connectivity index (χ1) is 18.8. The number of hydrogen-bond donors (Lipinski definition) is 1. The van der Waals surface area contributed by atoms with Gasteiger partial charge in [-0.15, -0.1) is 0 Å². The van der Waals surface area contributed by atoms with Crippen molar-refractivity contribution in [1.82, 2.24) is 19.3 Å². The number of ether oxygens (including phenoxy) is 1. The first kappa shape index (κ1) is 27.8. The van der Waals surface area contributed by atoms with Crippen molar-refractivity contribution < 1.29 is 22.5 Å². The first-order valence-corrected chi connectivity index (χ1v) is 15.4. The number of likely N-dealkylation sites (tertiary alicyclic amines) is 1. The van der Waals surface area contributed by atoms with Gasteiger partial charge >= 0.3 is 0 Å². The molecule has 1 amide bonds. The molecule has 2 saturated heterocycles. The molecular weight excluding hydrogens is 586 g/mol. The van der Waals surface area contributed by atoms with Crippen LogP contribution in [-0.4, -0.2) is 67.0 Å². The monoisotopic (exact) mass is 617 g/mol. The van der Waals surface area contributed by atoms with E-state index < -0.39 is 10.0 Å². The number of hydrogen-bond acceptors (Lipinski definition) is 8. The van der Waals surface area contributed by atoms with E-state index in [9.17, 15) is 13.2 Å². The minimum absolute atomic E-state index is 0.0848. The van der Waals surface area contributed by atoms with Crippen LogP contribution in [0.3, 0.4) is 0 Å². The summed E-state index contributed by atoms with van der Waals surface area (Å²) in [5.41, 5.74) is 1.33. The quantitative estimate of drug-likeness (QED) is 0.392. The molecule has 0 unspecified atom stereocenters. The van der Waals surface area contributed by atoms with Crippen molar-refractivity contribution in [3.63, 3.8) is 0 Å². The Morgan fingerprint density at radius 2 is 1.79 bits per heavy atom. The molecule has 3 aromatic rings. The molecular formula is C27H32BrN5O5S. The minimum Gasteiger partial charge on any atom is -0.495 e. The SMILES string of the molecule is COc1ccc(NC(=O)C2CCN(Cc3nc(-c4ccc(Br)cc4)no3)CC2)cc1S(=O)(=O)N1CCCCC1. The number of sulfonamides is 1. The maximum absolute atomic E-state index is 13.3. The summed E-state index contributed by atoms with van der Waals surface area (Å²) in [5.74, 6) is 1.07. The Hall–Kier alpha value is -2.80. The third-order valence-corrected chi connectivity index (χ3v) is 9.70. The molecule has 1 N–H and O–H groups in total. The van der Waals surface area contributed by atoms with E-state index in [1.54, 1.807) is 12.1 Å². The topological polar surface area (TPSA) is 118 Å². The van der Waals surface area contributed by atoms with E-state index in [4.69, 9.17) is 9.26 Å². The van der Waals surface area contributed by atoms with Gasteiger partial charge in [0.2, 0.25) is 27.6 Å². The number of carbonyl (C=O) groups is 1.